The third-order valence-electron chi connectivity index (χ3n) is 11.6. The maximum atomic E-state index is 6.83. The highest BCUT2D eigenvalue weighted by molar-refractivity contribution is 5.57. The molecule has 4 heterocycles. The third kappa shape index (κ3) is 11.5. The minimum absolute atomic E-state index is 0.417. The molecule has 0 saturated heterocycles. The van der Waals surface area contributed by atoms with Crippen molar-refractivity contribution in [2.24, 2.45) is 0 Å². The predicted molar refractivity (Wildman–Crippen MR) is 249 cm³/mol. The van der Waals surface area contributed by atoms with Crippen LogP contribution in [0, 0.1) is 6.92 Å². The molecule has 2 aliphatic heterocycles. The van der Waals surface area contributed by atoms with Gasteiger partial charge in [0.05, 0.1) is 51.0 Å². The minimum Gasteiger partial charge on any atom is -0.493 e. The van der Waals surface area contributed by atoms with E-state index in [9.17, 15) is 0 Å². The molecule has 9 heteroatoms. The first-order valence-corrected chi connectivity index (χ1v) is 22.8. The molecule has 0 saturated carbocycles. The lowest BCUT2D eigenvalue weighted by Gasteiger charge is -2.24. The van der Waals surface area contributed by atoms with Crippen molar-refractivity contribution < 1.29 is 28.4 Å². The number of aromatic nitrogens is 2. The van der Waals surface area contributed by atoms with Crippen molar-refractivity contribution in [1.29, 1.82) is 0 Å². The van der Waals surface area contributed by atoms with Crippen molar-refractivity contribution in [3.63, 3.8) is 0 Å². The highest BCUT2D eigenvalue weighted by Crippen LogP contribution is 2.39. The summed E-state index contributed by atoms with van der Waals surface area (Å²) in [7, 11) is 0. The lowest BCUT2D eigenvalue weighted by molar-refractivity contribution is 0.0531. The van der Waals surface area contributed by atoms with E-state index in [1.165, 1.54) is 0 Å². The fraction of sp³-hybridized carbons (Fsp3) is 0.370. The van der Waals surface area contributed by atoms with Gasteiger partial charge in [-0.15, -0.1) is 0 Å². The largest absolute Gasteiger partial charge is 0.493 e. The molecule has 0 N–H and O–H groups in total. The quantitative estimate of drug-likeness (QED) is 0.132. The van der Waals surface area contributed by atoms with Crippen molar-refractivity contribution >= 4 is 0 Å². The van der Waals surface area contributed by atoms with Gasteiger partial charge in [-0.1, -0.05) is 86.6 Å². The van der Waals surface area contributed by atoms with Crippen LogP contribution < -0.4 is 18.9 Å². The van der Waals surface area contributed by atoms with Crippen LogP contribution in [0.5, 0.6) is 23.0 Å². The number of para-hydroxylation sites is 4. The van der Waals surface area contributed by atoms with Gasteiger partial charge >= 0.3 is 0 Å². The average Bonchev–Trinajstić information content (AvgIpc) is 3.29. The highest BCUT2D eigenvalue weighted by atomic mass is 16.5. The van der Waals surface area contributed by atoms with E-state index in [0.29, 0.717) is 78.5 Å². The molecule has 0 atom stereocenters. The van der Waals surface area contributed by atoms with E-state index in [-0.39, 0.29) is 0 Å². The molecule has 1 aliphatic carbocycles. The Labute approximate surface area is 373 Å². The predicted octanol–water partition coefficient (Wildman–Crippen LogP) is 10.0. The molecule has 0 amide bonds. The Hall–Kier alpha value is -5.74. The molecule has 2 aromatic heterocycles. The maximum Gasteiger partial charge on any atom is 0.126 e. The molecule has 0 spiro atoms. The van der Waals surface area contributed by atoms with E-state index in [1.54, 1.807) is 0 Å². The summed E-state index contributed by atoms with van der Waals surface area (Å²) >= 11 is 0. The van der Waals surface area contributed by atoms with Crippen LogP contribution in [-0.4, -0.2) is 80.8 Å². The SMILES string of the molecule is CCCOc1c2cccc1Cc1cccc3c1OCCOCCN(Cc1ccnc(-c4cc(C)ccn4)c1)CCOCCOc1c(cccc1Cc1cccc(c1OCCC)C3)C2. The van der Waals surface area contributed by atoms with Crippen molar-refractivity contribution in [2.45, 2.75) is 65.8 Å². The first-order valence-electron chi connectivity index (χ1n) is 22.8. The number of pyridine rings is 2. The zero-order chi connectivity index (χ0) is 43.2. The number of aryl methyl sites for hydroxylation is 1. The molecule has 328 valence electrons. The normalized spacial score (nSPS) is 15.2. The van der Waals surface area contributed by atoms with Crippen LogP contribution in [0.4, 0.5) is 0 Å². The van der Waals surface area contributed by atoms with E-state index in [2.05, 4.69) is 127 Å². The highest BCUT2D eigenvalue weighted by Gasteiger charge is 2.22. The van der Waals surface area contributed by atoms with Gasteiger partial charge in [0.15, 0.2) is 0 Å². The monoisotopic (exact) mass is 847 g/mol. The standard InChI is InChI=1S/C54H61N3O6/c1-4-24-60-51-41-10-6-11-42(51)35-46-15-9-17-48-37-44-13-7-12-43(52(44)61-25-5-2)36-47-16-8-14-45(34-41)53(47)62-30-28-58-26-22-57(23-27-59-29-31-63-54(46)48)38-40-19-21-56-50(33-40)49-32-39(3)18-20-55-49/h6-21,32-33H,4-5,22-31,34-38H2,1-3H3. The molecule has 0 fully saturated rings. The van der Waals surface area contributed by atoms with Gasteiger partial charge < -0.3 is 28.4 Å². The third-order valence-corrected chi connectivity index (χ3v) is 11.6. The summed E-state index contributed by atoms with van der Waals surface area (Å²) in [5.74, 6) is 3.66. The Bertz CT molecular complexity index is 2230. The summed E-state index contributed by atoms with van der Waals surface area (Å²) in [4.78, 5) is 11.6. The smallest absolute Gasteiger partial charge is 0.126 e. The number of hydrogen-bond acceptors (Lipinski definition) is 9. The van der Waals surface area contributed by atoms with Crippen LogP contribution in [-0.2, 0) is 41.7 Å². The zero-order valence-electron chi connectivity index (χ0n) is 37.2. The molecule has 3 aliphatic rings. The van der Waals surface area contributed by atoms with Crippen LogP contribution in [0.3, 0.4) is 0 Å². The lowest BCUT2D eigenvalue weighted by atomic mass is 9.91. The maximum absolute atomic E-state index is 6.83. The number of rotatable bonds is 9. The molecular formula is C54H61N3O6. The van der Waals surface area contributed by atoms with E-state index in [4.69, 9.17) is 28.4 Å². The Morgan fingerprint density at radius 2 is 0.937 bits per heavy atom. The number of fused-ring (bicyclic) bond motifs is 12. The van der Waals surface area contributed by atoms with Gasteiger partial charge in [-0.05, 0) is 99.7 Å². The number of hydrogen-bond donors (Lipinski definition) is 0. The van der Waals surface area contributed by atoms with Crippen LogP contribution >= 0.6 is 0 Å². The van der Waals surface area contributed by atoms with E-state index in [0.717, 1.165) is 122 Å². The molecule has 6 aromatic rings. The second-order valence-electron chi connectivity index (χ2n) is 16.5. The summed E-state index contributed by atoms with van der Waals surface area (Å²) in [6.45, 7) is 12.7. The molecule has 4 aromatic carbocycles. The summed E-state index contributed by atoms with van der Waals surface area (Å²) in [5, 5.41) is 0. The van der Waals surface area contributed by atoms with Gasteiger partial charge in [0.2, 0.25) is 0 Å². The fourth-order valence-electron chi connectivity index (χ4n) is 8.55. The molecule has 10 bridgehead atoms. The molecule has 9 nitrogen and oxygen atoms in total. The van der Waals surface area contributed by atoms with E-state index < -0.39 is 0 Å². The van der Waals surface area contributed by atoms with Crippen LogP contribution in [0.2, 0.25) is 0 Å². The molecule has 0 radical (unpaired) electrons. The van der Waals surface area contributed by atoms with Gasteiger partial charge in [-0.2, -0.15) is 0 Å². The number of nitrogens with zero attached hydrogens (tertiary/aromatic N) is 3. The van der Waals surface area contributed by atoms with Crippen molar-refractivity contribution in [2.75, 3.05) is 65.9 Å². The van der Waals surface area contributed by atoms with Crippen molar-refractivity contribution in [3.8, 4) is 34.4 Å². The number of benzene rings is 4. The summed E-state index contributed by atoms with van der Waals surface area (Å²) in [5.41, 5.74) is 13.0. The Balaban J connectivity index is 1.15. The summed E-state index contributed by atoms with van der Waals surface area (Å²) in [6.07, 6.45) is 8.15. The van der Waals surface area contributed by atoms with Crippen LogP contribution in [0.15, 0.2) is 109 Å². The molecule has 0 unspecified atom stereocenters. The first kappa shape index (κ1) is 43.9. The zero-order valence-corrected chi connectivity index (χ0v) is 37.2. The lowest BCUT2D eigenvalue weighted by Crippen LogP contribution is -2.31. The van der Waals surface area contributed by atoms with Gasteiger partial charge in [-0.3, -0.25) is 14.9 Å². The summed E-state index contributed by atoms with van der Waals surface area (Å²) < 4.78 is 39.6. The van der Waals surface area contributed by atoms with Gasteiger partial charge in [0.25, 0.3) is 0 Å². The first-order chi connectivity index (χ1) is 31.1. The van der Waals surface area contributed by atoms with Crippen molar-refractivity contribution in [1.82, 2.24) is 14.9 Å². The Morgan fingerprint density at radius 3 is 1.38 bits per heavy atom. The second kappa shape index (κ2) is 22.1. The minimum atomic E-state index is 0.417. The van der Waals surface area contributed by atoms with Gasteiger partial charge in [-0.25, -0.2) is 0 Å². The molecular weight excluding hydrogens is 787 g/mol. The van der Waals surface area contributed by atoms with Crippen LogP contribution in [0.1, 0.15) is 82.3 Å². The Kier molecular flexibility index (Phi) is 15.4. The number of ether oxygens (including phenoxy) is 6. The van der Waals surface area contributed by atoms with Gasteiger partial charge in [0.1, 0.15) is 36.2 Å². The van der Waals surface area contributed by atoms with E-state index in [1.807, 2.05) is 18.5 Å². The second-order valence-corrected chi connectivity index (χ2v) is 16.5. The van der Waals surface area contributed by atoms with Crippen molar-refractivity contribution in [3.05, 3.63) is 165 Å². The van der Waals surface area contributed by atoms with Gasteiger partial charge in [0, 0.05) is 57.7 Å². The Morgan fingerprint density at radius 1 is 0.508 bits per heavy atom. The fourth-order valence-corrected chi connectivity index (χ4v) is 8.55. The molecule has 63 heavy (non-hydrogen) atoms. The topological polar surface area (TPSA) is 84.4 Å². The summed E-state index contributed by atoms with van der Waals surface area (Å²) in [6, 6.07) is 34.5. The average molecular weight is 848 g/mol. The van der Waals surface area contributed by atoms with E-state index >= 15 is 0 Å². The van der Waals surface area contributed by atoms with Crippen LogP contribution in [0.25, 0.3) is 11.4 Å². The molecule has 9 rings (SSSR count).